The quantitative estimate of drug-likeness (QED) is 0.824. The zero-order valence-electron chi connectivity index (χ0n) is 15.1. The van der Waals surface area contributed by atoms with Crippen LogP contribution in [0.3, 0.4) is 0 Å². The fourth-order valence-corrected chi connectivity index (χ4v) is 3.55. The largest absolute Gasteiger partial charge is 0.375 e. The number of benzene rings is 2. The molecule has 0 saturated carbocycles. The Labute approximate surface area is 158 Å². The van der Waals surface area contributed by atoms with E-state index < -0.39 is 10.0 Å². The van der Waals surface area contributed by atoms with Crippen molar-refractivity contribution in [2.45, 2.75) is 12.5 Å². The number of hydrogen-bond donors (Lipinski definition) is 1. The van der Waals surface area contributed by atoms with E-state index in [1.807, 2.05) is 30.3 Å². The molecule has 142 valence electrons. The second-order valence-electron chi connectivity index (χ2n) is 6.30. The first-order chi connectivity index (χ1) is 12.9. The molecular weight excluding hydrogens is 366 g/mol. The SMILES string of the molecule is COCC(=O)N1N=C(c2ccc(NS(C)(=O)=O)cc2)C[C@@H]1c1ccccc1. The summed E-state index contributed by atoms with van der Waals surface area (Å²) < 4.78 is 30.1. The van der Waals surface area contributed by atoms with Crippen molar-refractivity contribution < 1.29 is 17.9 Å². The first-order valence-electron chi connectivity index (χ1n) is 8.39. The van der Waals surface area contributed by atoms with Gasteiger partial charge in [0.1, 0.15) is 6.61 Å². The van der Waals surface area contributed by atoms with Crippen molar-refractivity contribution in [1.29, 1.82) is 0 Å². The first-order valence-corrected chi connectivity index (χ1v) is 10.3. The summed E-state index contributed by atoms with van der Waals surface area (Å²) in [5.41, 5.74) is 3.07. The van der Waals surface area contributed by atoms with Crippen LogP contribution in [0, 0.1) is 0 Å². The van der Waals surface area contributed by atoms with Crippen LogP contribution in [-0.4, -0.2) is 45.0 Å². The lowest BCUT2D eigenvalue weighted by Crippen LogP contribution is -2.30. The molecule has 1 heterocycles. The number of nitrogens with zero attached hydrogens (tertiary/aromatic N) is 2. The maximum absolute atomic E-state index is 12.4. The molecule has 2 aromatic rings. The van der Waals surface area contributed by atoms with Gasteiger partial charge in [0.2, 0.25) is 10.0 Å². The van der Waals surface area contributed by atoms with E-state index in [0.29, 0.717) is 12.1 Å². The minimum atomic E-state index is -3.33. The van der Waals surface area contributed by atoms with Gasteiger partial charge in [-0.1, -0.05) is 42.5 Å². The molecule has 0 bridgehead atoms. The van der Waals surface area contributed by atoms with Gasteiger partial charge in [-0.05, 0) is 23.3 Å². The number of nitrogens with one attached hydrogen (secondary N) is 1. The minimum absolute atomic E-state index is 0.0443. The summed E-state index contributed by atoms with van der Waals surface area (Å²) in [6, 6.07) is 16.5. The van der Waals surface area contributed by atoms with Gasteiger partial charge in [-0.2, -0.15) is 5.10 Å². The van der Waals surface area contributed by atoms with Crippen molar-refractivity contribution in [3.8, 4) is 0 Å². The first kappa shape index (κ1) is 19.1. The van der Waals surface area contributed by atoms with Crippen LogP contribution in [0.15, 0.2) is 59.7 Å². The predicted molar refractivity (Wildman–Crippen MR) is 104 cm³/mol. The van der Waals surface area contributed by atoms with E-state index in [-0.39, 0.29) is 18.6 Å². The minimum Gasteiger partial charge on any atom is -0.375 e. The molecule has 0 saturated heterocycles. The van der Waals surface area contributed by atoms with Crippen LogP contribution in [0.2, 0.25) is 0 Å². The lowest BCUT2D eigenvalue weighted by Gasteiger charge is -2.21. The number of amides is 1. The Morgan fingerprint density at radius 3 is 2.44 bits per heavy atom. The number of anilines is 1. The third-order valence-corrected chi connectivity index (χ3v) is 4.75. The van der Waals surface area contributed by atoms with Gasteiger partial charge in [0.25, 0.3) is 5.91 Å². The van der Waals surface area contributed by atoms with Gasteiger partial charge in [0.15, 0.2) is 0 Å². The molecule has 1 aliphatic heterocycles. The number of ether oxygens (including phenoxy) is 1. The highest BCUT2D eigenvalue weighted by Crippen LogP contribution is 2.33. The molecule has 0 aliphatic carbocycles. The van der Waals surface area contributed by atoms with E-state index >= 15 is 0 Å². The smallest absolute Gasteiger partial charge is 0.269 e. The molecule has 27 heavy (non-hydrogen) atoms. The number of sulfonamides is 1. The zero-order chi connectivity index (χ0) is 19.4. The number of methoxy groups -OCH3 is 1. The lowest BCUT2D eigenvalue weighted by atomic mass is 9.98. The van der Waals surface area contributed by atoms with Crippen LogP contribution in [0.4, 0.5) is 5.69 Å². The molecule has 2 aromatic carbocycles. The summed E-state index contributed by atoms with van der Waals surface area (Å²) in [4.78, 5) is 12.4. The Kier molecular flexibility index (Phi) is 5.57. The highest BCUT2D eigenvalue weighted by molar-refractivity contribution is 7.92. The van der Waals surface area contributed by atoms with Gasteiger partial charge in [0.05, 0.1) is 18.0 Å². The molecule has 0 unspecified atom stereocenters. The predicted octanol–water partition coefficient (Wildman–Crippen LogP) is 2.38. The second-order valence-corrected chi connectivity index (χ2v) is 8.05. The molecule has 1 aliphatic rings. The number of hydrogen-bond acceptors (Lipinski definition) is 5. The van der Waals surface area contributed by atoms with E-state index in [4.69, 9.17) is 4.74 Å². The highest BCUT2D eigenvalue weighted by Gasteiger charge is 2.32. The van der Waals surface area contributed by atoms with Gasteiger partial charge in [0, 0.05) is 19.2 Å². The fraction of sp³-hybridized carbons (Fsp3) is 0.263. The number of hydrazone groups is 1. The molecule has 3 rings (SSSR count). The number of rotatable bonds is 6. The molecule has 0 fully saturated rings. The summed E-state index contributed by atoms with van der Waals surface area (Å²) in [5.74, 6) is -0.211. The van der Waals surface area contributed by atoms with Crippen LogP contribution in [-0.2, 0) is 19.6 Å². The van der Waals surface area contributed by atoms with Crippen molar-refractivity contribution in [1.82, 2.24) is 5.01 Å². The van der Waals surface area contributed by atoms with Crippen LogP contribution >= 0.6 is 0 Å². The van der Waals surface area contributed by atoms with E-state index in [1.165, 1.54) is 12.1 Å². The van der Waals surface area contributed by atoms with Crippen molar-refractivity contribution in [2.75, 3.05) is 24.7 Å². The second kappa shape index (κ2) is 7.89. The van der Waals surface area contributed by atoms with Gasteiger partial charge in [-0.25, -0.2) is 13.4 Å². The van der Waals surface area contributed by atoms with Crippen molar-refractivity contribution in [2.24, 2.45) is 5.10 Å². The molecule has 1 atom stereocenters. The van der Waals surface area contributed by atoms with Gasteiger partial charge >= 0.3 is 0 Å². The van der Waals surface area contributed by atoms with Crippen molar-refractivity contribution in [3.05, 3.63) is 65.7 Å². The number of carbonyl (C=O) groups excluding carboxylic acids is 1. The van der Waals surface area contributed by atoms with E-state index in [0.717, 1.165) is 23.1 Å². The summed E-state index contributed by atoms with van der Waals surface area (Å²) in [6.45, 7) is -0.0443. The fourth-order valence-electron chi connectivity index (χ4n) is 2.98. The molecule has 0 radical (unpaired) electrons. The molecule has 1 amide bonds. The zero-order valence-corrected chi connectivity index (χ0v) is 15.9. The van der Waals surface area contributed by atoms with Crippen molar-refractivity contribution in [3.63, 3.8) is 0 Å². The standard InChI is InChI=1S/C19H21N3O4S/c1-26-13-19(23)22-18(15-6-4-3-5-7-15)12-17(20-22)14-8-10-16(11-9-14)21-27(2,24)25/h3-11,18,21H,12-13H2,1-2H3/t18-/m1/s1. The molecule has 0 aromatic heterocycles. The van der Waals surface area contributed by atoms with E-state index in [2.05, 4.69) is 9.82 Å². The maximum atomic E-state index is 12.4. The summed E-state index contributed by atoms with van der Waals surface area (Å²) in [6.07, 6.45) is 1.67. The number of carbonyl (C=O) groups is 1. The van der Waals surface area contributed by atoms with Crippen LogP contribution in [0.25, 0.3) is 0 Å². The van der Waals surface area contributed by atoms with E-state index in [1.54, 1.807) is 24.3 Å². The van der Waals surface area contributed by atoms with Crippen LogP contribution in [0.5, 0.6) is 0 Å². The summed E-state index contributed by atoms with van der Waals surface area (Å²) in [5, 5.41) is 5.99. The topological polar surface area (TPSA) is 88.1 Å². The third kappa shape index (κ3) is 4.72. The Morgan fingerprint density at radius 2 is 1.85 bits per heavy atom. The Morgan fingerprint density at radius 1 is 1.19 bits per heavy atom. The van der Waals surface area contributed by atoms with Gasteiger partial charge < -0.3 is 4.74 Å². The van der Waals surface area contributed by atoms with Gasteiger partial charge in [-0.3, -0.25) is 9.52 Å². The maximum Gasteiger partial charge on any atom is 0.269 e. The Hall–Kier alpha value is -2.71. The Balaban J connectivity index is 1.87. The summed E-state index contributed by atoms with van der Waals surface area (Å²) >= 11 is 0. The van der Waals surface area contributed by atoms with Crippen molar-refractivity contribution >= 4 is 27.3 Å². The van der Waals surface area contributed by atoms with Gasteiger partial charge in [-0.15, -0.1) is 0 Å². The monoisotopic (exact) mass is 387 g/mol. The third-order valence-electron chi connectivity index (χ3n) is 4.14. The van der Waals surface area contributed by atoms with E-state index in [9.17, 15) is 13.2 Å². The Bertz CT molecular complexity index is 941. The normalized spacial score (nSPS) is 16.9. The average molecular weight is 387 g/mol. The average Bonchev–Trinajstić information content (AvgIpc) is 3.07. The molecule has 0 spiro atoms. The molecule has 8 heteroatoms. The summed E-state index contributed by atoms with van der Waals surface area (Å²) in [7, 11) is -1.85. The molecule has 7 nitrogen and oxygen atoms in total. The molecule has 1 N–H and O–H groups in total. The van der Waals surface area contributed by atoms with Crippen LogP contribution < -0.4 is 4.72 Å². The molecular formula is C19H21N3O4S. The lowest BCUT2D eigenvalue weighted by molar-refractivity contribution is -0.137. The highest BCUT2D eigenvalue weighted by atomic mass is 32.2. The van der Waals surface area contributed by atoms with Crippen LogP contribution in [0.1, 0.15) is 23.6 Å².